The van der Waals surface area contributed by atoms with Gasteiger partial charge < -0.3 is 0 Å². The maximum Gasteiger partial charge on any atom is 0.205 e. The van der Waals surface area contributed by atoms with E-state index in [0.29, 0.717) is 0 Å². The molecule has 1 aromatic carbocycles. The Labute approximate surface area is 104 Å². The molecule has 0 amide bonds. The highest BCUT2D eigenvalue weighted by atomic mass is 79.9. The van der Waals surface area contributed by atoms with E-state index in [1.165, 1.54) is 17.3 Å². The summed E-state index contributed by atoms with van der Waals surface area (Å²) >= 11 is 4.75. The van der Waals surface area contributed by atoms with E-state index < -0.39 is 4.32 Å². The van der Waals surface area contributed by atoms with Gasteiger partial charge in [-0.1, -0.05) is 58.0 Å². The molecular weight excluding hydrogens is 272 g/mol. The lowest BCUT2D eigenvalue weighted by atomic mass is 10.2. The van der Waals surface area contributed by atoms with Crippen molar-refractivity contribution in [2.45, 2.75) is 24.6 Å². The minimum Gasteiger partial charge on any atom is -0.286 e. The smallest absolute Gasteiger partial charge is 0.205 e. The lowest BCUT2D eigenvalue weighted by molar-refractivity contribution is -0.112. The van der Waals surface area contributed by atoms with Crippen LogP contribution in [0.2, 0.25) is 0 Å². The summed E-state index contributed by atoms with van der Waals surface area (Å²) in [5.41, 5.74) is 1.28. The Bertz CT molecular complexity index is 316. The standard InChI is InChI=1S/C12H15BrOS/c1-12(2,13)11(14)15-9-8-10-6-4-3-5-7-10/h3-7H,8-9H2,1-2H3. The predicted octanol–water partition coefficient (Wildman–Crippen LogP) is 3.66. The molecule has 0 aliphatic carbocycles. The van der Waals surface area contributed by atoms with Crippen LogP contribution in [0.15, 0.2) is 30.3 Å². The summed E-state index contributed by atoms with van der Waals surface area (Å²) in [7, 11) is 0. The first-order chi connectivity index (χ1) is 7.00. The highest BCUT2D eigenvalue weighted by Crippen LogP contribution is 2.24. The molecule has 3 heteroatoms. The third-order valence-electron chi connectivity index (χ3n) is 1.95. The Morgan fingerprint density at radius 2 is 1.93 bits per heavy atom. The fourth-order valence-electron chi connectivity index (χ4n) is 1.08. The lowest BCUT2D eigenvalue weighted by Gasteiger charge is -2.13. The van der Waals surface area contributed by atoms with E-state index in [1.807, 2.05) is 32.0 Å². The predicted molar refractivity (Wildman–Crippen MR) is 70.6 cm³/mol. The van der Waals surface area contributed by atoms with E-state index in [-0.39, 0.29) is 5.12 Å². The van der Waals surface area contributed by atoms with Crippen molar-refractivity contribution in [3.63, 3.8) is 0 Å². The normalized spacial score (nSPS) is 11.4. The van der Waals surface area contributed by atoms with Crippen LogP contribution in [-0.2, 0) is 11.2 Å². The van der Waals surface area contributed by atoms with Crippen LogP contribution in [-0.4, -0.2) is 15.2 Å². The van der Waals surface area contributed by atoms with Gasteiger partial charge in [0, 0.05) is 5.75 Å². The molecule has 0 radical (unpaired) electrons. The van der Waals surface area contributed by atoms with Crippen LogP contribution in [0.1, 0.15) is 19.4 Å². The Hall–Kier alpha value is -0.280. The molecule has 0 aromatic heterocycles. The third kappa shape index (κ3) is 4.85. The molecule has 1 nitrogen and oxygen atoms in total. The van der Waals surface area contributed by atoms with E-state index in [2.05, 4.69) is 28.1 Å². The third-order valence-corrected chi connectivity index (χ3v) is 3.76. The van der Waals surface area contributed by atoms with E-state index in [1.54, 1.807) is 0 Å². The molecule has 0 fully saturated rings. The van der Waals surface area contributed by atoms with Crippen molar-refractivity contribution in [3.05, 3.63) is 35.9 Å². The number of thioether (sulfide) groups is 1. The first-order valence-electron chi connectivity index (χ1n) is 4.90. The monoisotopic (exact) mass is 286 g/mol. The zero-order valence-electron chi connectivity index (χ0n) is 9.00. The summed E-state index contributed by atoms with van der Waals surface area (Å²) in [5, 5.41) is 0.193. The molecule has 1 aromatic rings. The number of aryl methyl sites for hydroxylation is 1. The van der Waals surface area contributed by atoms with Gasteiger partial charge in [-0.15, -0.1) is 0 Å². The average molecular weight is 287 g/mol. The SMILES string of the molecule is CC(C)(Br)C(=O)SCCc1ccccc1. The number of rotatable bonds is 4. The molecule has 15 heavy (non-hydrogen) atoms. The first kappa shape index (κ1) is 12.8. The van der Waals surface area contributed by atoms with Crippen molar-refractivity contribution < 1.29 is 4.79 Å². The number of carbonyl (C=O) groups excluding carboxylic acids is 1. The quantitative estimate of drug-likeness (QED) is 0.786. The molecule has 1 rings (SSSR count). The highest BCUT2D eigenvalue weighted by Gasteiger charge is 2.23. The molecule has 0 heterocycles. The Morgan fingerprint density at radius 1 is 1.33 bits per heavy atom. The molecule has 0 atom stereocenters. The van der Waals surface area contributed by atoms with Gasteiger partial charge in [-0.3, -0.25) is 4.79 Å². The molecule has 0 bridgehead atoms. The fourth-order valence-corrected chi connectivity index (χ4v) is 2.29. The number of carbonyl (C=O) groups is 1. The Morgan fingerprint density at radius 3 is 2.47 bits per heavy atom. The van der Waals surface area contributed by atoms with E-state index in [4.69, 9.17) is 0 Å². The second-order valence-electron chi connectivity index (χ2n) is 3.84. The largest absolute Gasteiger partial charge is 0.286 e. The van der Waals surface area contributed by atoms with Crippen LogP contribution in [0.25, 0.3) is 0 Å². The van der Waals surface area contributed by atoms with E-state index >= 15 is 0 Å². The summed E-state index contributed by atoms with van der Waals surface area (Å²) in [6.07, 6.45) is 0.945. The van der Waals surface area contributed by atoms with Crippen molar-refractivity contribution in [2.75, 3.05) is 5.75 Å². The molecule has 82 valence electrons. The number of alkyl halides is 1. The topological polar surface area (TPSA) is 17.1 Å². The van der Waals surface area contributed by atoms with Gasteiger partial charge in [0.2, 0.25) is 5.12 Å². The number of hydrogen-bond acceptors (Lipinski definition) is 2. The summed E-state index contributed by atoms with van der Waals surface area (Å²) in [6, 6.07) is 10.2. The van der Waals surface area contributed by atoms with Crippen LogP contribution in [0, 0.1) is 0 Å². The van der Waals surface area contributed by atoms with Crippen LogP contribution >= 0.6 is 27.7 Å². The van der Waals surface area contributed by atoms with E-state index in [9.17, 15) is 4.79 Å². The van der Waals surface area contributed by atoms with Crippen LogP contribution < -0.4 is 0 Å². The summed E-state index contributed by atoms with van der Waals surface area (Å²) in [5.74, 6) is 0.845. The molecule has 0 aliphatic rings. The number of benzene rings is 1. The van der Waals surface area contributed by atoms with Crippen molar-refractivity contribution in [1.82, 2.24) is 0 Å². The molecule has 0 saturated carbocycles. The van der Waals surface area contributed by atoms with Crippen LogP contribution in [0.3, 0.4) is 0 Å². The second-order valence-corrected chi connectivity index (χ2v) is 6.89. The van der Waals surface area contributed by atoms with E-state index in [0.717, 1.165) is 12.2 Å². The van der Waals surface area contributed by atoms with Gasteiger partial charge in [-0.25, -0.2) is 0 Å². The van der Waals surface area contributed by atoms with Gasteiger partial charge in [-0.05, 0) is 25.8 Å². The number of halogens is 1. The van der Waals surface area contributed by atoms with Crippen LogP contribution in [0.5, 0.6) is 0 Å². The molecule has 0 spiro atoms. The average Bonchev–Trinajstić information content (AvgIpc) is 2.18. The highest BCUT2D eigenvalue weighted by molar-refractivity contribution is 9.10. The van der Waals surface area contributed by atoms with Crippen molar-refractivity contribution in [1.29, 1.82) is 0 Å². The molecular formula is C12H15BrOS. The molecule has 0 aliphatic heterocycles. The van der Waals surface area contributed by atoms with Gasteiger partial charge in [0.15, 0.2) is 0 Å². The summed E-state index contributed by atoms with van der Waals surface area (Å²) in [6.45, 7) is 3.76. The van der Waals surface area contributed by atoms with Gasteiger partial charge in [0.1, 0.15) is 0 Å². The zero-order chi connectivity index (χ0) is 11.3. The maximum atomic E-state index is 11.6. The number of hydrogen-bond donors (Lipinski definition) is 0. The van der Waals surface area contributed by atoms with Crippen molar-refractivity contribution in [2.24, 2.45) is 0 Å². The van der Waals surface area contributed by atoms with Crippen molar-refractivity contribution >= 4 is 32.8 Å². The molecule has 0 saturated heterocycles. The summed E-state index contributed by atoms with van der Waals surface area (Å²) in [4.78, 5) is 11.6. The van der Waals surface area contributed by atoms with Crippen molar-refractivity contribution in [3.8, 4) is 0 Å². The van der Waals surface area contributed by atoms with Gasteiger partial charge in [-0.2, -0.15) is 0 Å². The summed E-state index contributed by atoms with van der Waals surface area (Å²) < 4.78 is -0.408. The lowest BCUT2D eigenvalue weighted by Crippen LogP contribution is -2.21. The minimum atomic E-state index is -0.408. The zero-order valence-corrected chi connectivity index (χ0v) is 11.4. The second kappa shape index (κ2) is 5.71. The molecule has 0 N–H and O–H groups in total. The first-order valence-corrected chi connectivity index (χ1v) is 6.68. The molecule has 0 unspecified atom stereocenters. The Kier molecular flexibility index (Phi) is 4.87. The minimum absolute atomic E-state index is 0.193. The maximum absolute atomic E-state index is 11.6. The van der Waals surface area contributed by atoms with Gasteiger partial charge in [0.05, 0.1) is 4.32 Å². The van der Waals surface area contributed by atoms with Crippen LogP contribution in [0.4, 0.5) is 0 Å². The fraction of sp³-hybridized carbons (Fsp3) is 0.417. The van der Waals surface area contributed by atoms with Gasteiger partial charge in [0.25, 0.3) is 0 Å². The Balaban J connectivity index is 2.32. The van der Waals surface area contributed by atoms with Gasteiger partial charge >= 0.3 is 0 Å².